The zero-order valence-electron chi connectivity index (χ0n) is 19.9. The number of imidazole rings is 1. The molecule has 2 atom stereocenters. The number of nitrogens with one attached hydrogen (secondary N) is 1. The fourth-order valence-electron chi connectivity index (χ4n) is 4.59. The van der Waals surface area contributed by atoms with E-state index in [-0.39, 0.29) is 24.2 Å². The van der Waals surface area contributed by atoms with Gasteiger partial charge < -0.3 is 24.6 Å². The number of rotatable bonds is 9. The van der Waals surface area contributed by atoms with Crippen molar-refractivity contribution < 1.29 is 27.8 Å². The molecule has 1 aliphatic heterocycles. The van der Waals surface area contributed by atoms with E-state index in [0.29, 0.717) is 24.4 Å². The second kappa shape index (κ2) is 11.1. The number of aryl methyl sites for hydroxylation is 1. The van der Waals surface area contributed by atoms with Gasteiger partial charge in [0.15, 0.2) is 0 Å². The van der Waals surface area contributed by atoms with Crippen LogP contribution in [0.3, 0.4) is 0 Å². The number of fused-ring (bicyclic) bond motifs is 1. The SMILES string of the molecule is COc1ccc(C2Cc3c(cccc3C(F)(F)F)N(CCNCCCn3ccnc3)C(=O)[C@@H]2O)cc1. The Morgan fingerprint density at radius 3 is 2.58 bits per heavy atom. The number of ether oxygens (including phenoxy) is 1. The van der Waals surface area contributed by atoms with Gasteiger partial charge in [0.05, 0.1) is 19.0 Å². The summed E-state index contributed by atoms with van der Waals surface area (Å²) >= 11 is 0. The summed E-state index contributed by atoms with van der Waals surface area (Å²) in [6.45, 7) is 1.93. The van der Waals surface area contributed by atoms with E-state index < -0.39 is 29.7 Å². The Morgan fingerprint density at radius 1 is 1.14 bits per heavy atom. The van der Waals surface area contributed by atoms with Crippen LogP contribution in [-0.4, -0.2) is 53.4 Å². The summed E-state index contributed by atoms with van der Waals surface area (Å²) in [6.07, 6.45) is -0.0910. The molecule has 4 rings (SSSR count). The van der Waals surface area contributed by atoms with Gasteiger partial charge in [0.2, 0.25) is 0 Å². The number of hydrogen-bond acceptors (Lipinski definition) is 5. The number of aromatic nitrogens is 2. The molecule has 0 aliphatic carbocycles. The summed E-state index contributed by atoms with van der Waals surface area (Å²) in [7, 11) is 1.51. The van der Waals surface area contributed by atoms with E-state index in [1.54, 1.807) is 36.8 Å². The van der Waals surface area contributed by atoms with E-state index in [1.807, 2.05) is 10.8 Å². The van der Waals surface area contributed by atoms with Crippen LogP contribution in [0, 0.1) is 0 Å². The lowest BCUT2D eigenvalue weighted by atomic mass is 9.86. The number of carbonyl (C=O) groups excluding carboxylic acids is 1. The Balaban J connectivity index is 1.56. The number of amides is 1. The van der Waals surface area contributed by atoms with Crippen LogP contribution >= 0.6 is 0 Å². The summed E-state index contributed by atoms with van der Waals surface area (Å²) in [5.74, 6) is -0.877. The van der Waals surface area contributed by atoms with E-state index in [0.717, 1.165) is 19.0 Å². The number of nitrogens with zero attached hydrogens (tertiary/aromatic N) is 3. The molecule has 2 aromatic carbocycles. The van der Waals surface area contributed by atoms with Gasteiger partial charge in [-0.15, -0.1) is 0 Å². The third-order valence-electron chi connectivity index (χ3n) is 6.46. The fourth-order valence-corrected chi connectivity index (χ4v) is 4.59. The van der Waals surface area contributed by atoms with Crippen molar-refractivity contribution in [3.8, 4) is 5.75 Å². The lowest BCUT2D eigenvalue weighted by Crippen LogP contribution is -2.44. The third kappa shape index (κ3) is 5.71. The predicted molar refractivity (Wildman–Crippen MR) is 129 cm³/mol. The van der Waals surface area contributed by atoms with Gasteiger partial charge in [-0.05, 0) is 54.8 Å². The fraction of sp³-hybridized carbons (Fsp3) is 0.385. The standard InChI is InChI=1S/C26H29F3N4O3/c1-36-19-8-6-18(7-9-19)20-16-21-22(26(27,28)29)4-2-5-23(21)33(25(35)24(20)34)15-12-30-10-3-13-32-14-11-31-17-32/h2,4-9,11,14,17,20,24,30,34H,3,10,12-13,15-16H2,1H3/t20?,24-/m1/s1. The van der Waals surface area contributed by atoms with Gasteiger partial charge in [-0.1, -0.05) is 18.2 Å². The monoisotopic (exact) mass is 502 g/mol. The molecule has 7 nitrogen and oxygen atoms in total. The maximum absolute atomic E-state index is 14.0. The van der Waals surface area contributed by atoms with Gasteiger partial charge in [-0.25, -0.2) is 4.98 Å². The van der Waals surface area contributed by atoms with Gasteiger partial charge in [-0.3, -0.25) is 4.79 Å². The van der Waals surface area contributed by atoms with Crippen LogP contribution in [-0.2, 0) is 23.9 Å². The van der Waals surface area contributed by atoms with Crippen molar-refractivity contribution in [2.45, 2.75) is 37.6 Å². The number of aliphatic hydroxyl groups excluding tert-OH is 1. The third-order valence-corrected chi connectivity index (χ3v) is 6.46. The Kier molecular flexibility index (Phi) is 7.95. The number of benzene rings is 2. The van der Waals surface area contributed by atoms with Gasteiger partial charge in [0, 0.05) is 43.6 Å². The van der Waals surface area contributed by atoms with Crippen molar-refractivity contribution in [2.24, 2.45) is 0 Å². The average Bonchev–Trinajstić information content (AvgIpc) is 3.36. The number of carbonyl (C=O) groups is 1. The van der Waals surface area contributed by atoms with E-state index >= 15 is 0 Å². The molecule has 1 amide bonds. The highest BCUT2D eigenvalue weighted by atomic mass is 19.4. The molecular formula is C26H29F3N4O3. The van der Waals surface area contributed by atoms with Crippen molar-refractivity contribution in [3.05, 3.63) is 77.9 Å². The van der Waals surface area contributed by atoms with Crippen LogP contribution in [0.5, 0.6) is 5.75 Å². The van der Waals surface area contributed by atoms with E-state index in [9.17, 15) is 23.1 Å². The second-order valence-electron chi connectivity index (χ2n) is 8.72. The van der Waals surface area contributed by atoms with Gasteiger partial charge in [0.25, 0.3) is 5.91 Å². The first-order valence-electron chi connectivity index (χ1n) is 11.8. The molecule has 3 aromatic rings. The Bertz CT molecular complexity index is 1150. The highest BCUT2D eigenvalue weighted by Gasteiger charge is 2.41. The van der Waals surface area contributed by atoms with Crippen molar-refractivity contribution in [3.63, 3.8) is 0 Å². The number of hydrogen-bond donors (Lipinski definition) is 2. The average molecular weight is 503 g/mol. The van der Waals surface area contributed by atoms with E-state index in [4.69, 9.17) is 4.74 Å². The molecule has 0 spiro atoms. The van der Waals surface area contributed by atoms with E-state index in [1.165, 1.54) is 24.1 Å². The largest absolute Gasteiger partial charge is 0.497 e. The first-order chi connectivity index (χ1) is 17.3. The Hall–Kier alpha value is -3.37. The molecule has 36 heavy (non-hydrogen) atoms. The molecule has 1 aromatic heterocycles. The molecule has 0 radical (unpaired) electrons. The number of halogens is 3. The number of aliphatic hydroxyl groups is 1. The predicted octanol–water partition coefficient (Wildman–Crippen LogP) is 3.62. The normalized spacial score (nSPS) is 18.1. The zero-order valence-corrected chi connectivity index (χ0v) is 19.9. The molecule has 0 bridgehead atoms. The van der Waals surface area contributed by atoms with Crippen molar-refractivity contribution in [2.75, 3.05) is 31.6 Å². The first-order valence-corrected chi connectivity index (χ1v) is 11.8. The molecule has 10 heteroatoms. The minimum absolute atomic E-state index is 0.0100. The van der Waals surface area contributed by atoms with Crippen LogP contribution in [0.2, 0.25) is 0 Å². The van der Waals surface area contributed by atoms with Crippen LogP contribution in [0.4, 0.5) is 18.9 Å². The van der Waals surface area contributed by atoms with Crippen LogP contribution in [0.15, 0.2) is 61.2 Å². The summed E-state index contributed by atoms with van der Waals surface area (Å²) < 4.78 is 49.0. The number of alkyl halides is 3. The maximum atomic E-state index is 14.0. The van der Waals surface area contributed by atoms with Crippen LogP contribution in [0.25, 0.3) is 0 Å². The van der Waals surface area contributed by atoms with Crippen molar-refractivity contribution >= 4 is 11.6 Å². The molecule has 2 heterocycles. The topological polar surface area (TPSA) is 79.6 Å². The molecule has 1 unspecified atom stereocenters. The van der Waals surface area contributed by atoms with Gasteiger partial charge >= 0.3 is 6.18 Å². The quantitative estimate of drug-likeness (QED) is 0.437. The molecule has 0 fully saturated rings. The smallest absolute Gasteiger partial charge is 0.416 e. The highest BCUT2D eigenvalue weighted by Crippen LogP contribution is 2.42. The number of methoxy groups -OCH3 is 1. The van der Waals surface area contributed by atoms with Crippen LogP contribution in [0.1, 0.15) is 29.0 Å². The van der Waals surface area contributed by atoms with Crippen molar-refractivity contribution in [1.29, 1.82) is 0 Å². The molecular weight excluding hydrogens is 473 g/mol. The summed E-state index contributed by atoms with van der Waals surface area (Å²) in [6, 6.07) is 10.5. The highest BCUT2D eigenvalue weighted by molar-refractivity contribution is 5.99. The molecule has 1 aliphatic rings. The van der Waals surface area contributed by atoms with Crippen molar-refractivity contribution in [1.82, 2.24) is 14.9 Å². The zero-order chi connectivity index (χ0) is 25.7. The van der Waals surface area contributed by atoms with Gasteiger partial charge in [0.1, 0.15) is 11.9 Å². The minimum Gasteiger partial charge on any atom is -0.497 e. The maximum Gasteiger partial charge on any atom is 0.416 e. The second-order valence-corrected chi connectivity index (χ2v) is 8.72. The molecule has 0 saturated carbocycles. The Labute approximate surface area is 207 Å². The molecule has 2 N–H and O–H groups in total. The van der Waals surface area contributed by atoms with E-state index in [2.05, 4.69) is 10.3 Å². The lowest BCUT2D eigenvalue weighted by molar-refractivity contribution is -0.138. The Morgan fingerprint density at radius 2 is 1.92 bits per heavy atom. The summed E-state index contributed by atoms with van der Waals surface area (Å²) in [5.41, 5.74) is -0.0290. The summed E-state index contributed by atoms with van der Waals surface area (Å²) in [5, 5.41) is 14.3. The van der Waals surface area contributed by atoms with Gasteiger partial charge in [-0.2, -0.15) is 13.2 Å². The lowest BCUT2D eigenvalue weighted by Gasteiger charge is -2.26. The minimum atomic E-state index is -4.59. The van der Waals surface area contributed by atoms with Crippen LogP contribution < -0.4 is 15.0 Å². The summed E-state index contributed by atoms with van der Waals surface area (Å²) in [4.78, 5) is 18.7. The first kappa shape index (κ1) is 25.7. The number of anilines is 1. The molecule has 0 saturated heterocycles. The molecule has 192 valence electrons.